The van der Waals surface area contributed by atoms with Crippen molar-refractivity contribution in [2.75, 3.05) is 19.7 Å². The topological polar surface area (TPSA) is 58.6 Å². The van der Waals surface area contributed by atoms with E-state index in [-0.39, 0.29) is 11.9 Å². The van der Waals surface area contributed by atoms with Gasteiger partial charge < -0.3 is 15.2 Å². The predicted octanol–water partition coefficient (Wildman–Crippen LogP) is 1.86. The van der Waals surface area contributed by atoms with E-state index in [9.17, 15) is 9.90 Å². The lowest BCUT2D eigenvalue weighted by atomic mass is 9.94. The summed E-state index contributed by atoms with van der Waals surface area (Å²) in [4.78, 5) is 11.4. The first-order valence-corrected chi connectivity index (χ1v) is 7.17. The Kier molecular flexibility index (Phi) is 6.65. The molecule has 1 fully saturated rings. The second-order valence-corrected chi connectivity index (χ2v) is 5.42. The summed E-state index contributed by atoms with van der Waals surface area (Å²) in [6, 6.07) is 0. The summed E-state index contributed by atoms with van der Waals surface area (Å²) in [5, 5.41) is 13.6. The van der Waals surface area contributed by atoms with E-state index in [1.54, 1.807) is 0 Å². The second-order valence-electron chi connectivity index (χ2n) is 5.42. The van der Waals surface area contributed by atoms with E-state index in [0.717, 1.165) is 25.7 Å². The molecule has 1 aliphatic rings. The maximum Gasteiger partial charge on any atom is 0.309 e. The number of aliphatic hydroxyl groups is 1. The third kappa shape index (κ3) is 5.36. The van der Waals surface area contributed by atoms with Gasteiger partial charge in [-0.05, 0) is 19.8 Å². The Bertz CT molecular complexity index is 247. The van der Waals surface area contributed by atoms with E-state index < -0.39 is 5.60 Å². The maximum atomic E-state index is 11.4. The number of ether oxygens (including phenoxy) is 1. The zero-order valence-electron chi connectivity index (χ0n) is 11.7. The summed E-state index contributed by atoms with van der Waals surface area (Å²) in [7, 11) is 0. The summed E-state index contributed by atoms with van der Waals surface area (Å²) in [6.45, 7) is 5.24. The molecule has 4 heteroatoms. The molecule has 0 bridgehead atoms. The Morgan fingerprint density at radius 3 is 2.50 bits per heavy atom. The van der Waals surface area contributed by atoms with Crippen molar-refractivity contribution in [1.29, 1.82) is 0 Å². The van der Waals surface area contributed by atoms with Crippen LogP contribution in [-0.2, 0) is 9.53 Å². The minimum Gasteiger partial charge on any atom is -0.466 e. The molecule has 1 aliphatic carbocycles. The first-order valence-electron chi connectivity index (χ1n) is 7.17. The van der Waals surface area contributed by atoms with Crippen LogP contribution in [0.3, 0.4) is 0 Å². The number of esters is 1. The highest BCUT2D eigenvalue weighted by Gasteiger charge is 2.27. The molecule has 4 nitrogen and oxygen atoms in total. The Morgan fingerprint density at radius 1 is 1.33 bits per heavy atom. The minimum absolute atomic E-state index is 0.153. The zero-order valence-corrected chi connectivity index (χ0v) is 11.7. The van der Waals surface area contributed by atoms with Gasteiger partial charge in [-0.3, -0.25) is 4.79 Å². The molecule has 0 radical (unpaired) electrons. The van der Waals surface area contributed by atoms with Crippen molar-refractivity contribution in [2.24, 2.45) is 5.92 Å². The van der Waals surface area contributed by atoms with Crippen LogP contribution in [0.25, 0.3) is 0 Å². The summed E-state index contributed by atoms with van der Waals surface area (Å²) in [5.74, 6) is -0.322. The van der Waals surface area contributed by atoms with Crippen molar-refractivity contribution < 1.29 is 14.6 Å². The zero-order chi connectivity index (χ0) is 13.4. The third-order valence-corrected chi connectivity index (χ3v) is 3.63. The van der Waals surface area contributed by atoms with Gasteiger partial charge in [0.2, 0.25) is 0 Å². The molecule has 2 N–H and O–H groups in total. The average Bonchev–Trinajstić information content (AvgIpc) is 2.54. The van der Waals surface area contributed by atoms with Gasteiger partial charge in [0.25, 0.3) is 0 Å². The molecule has 106 valence electrons. The Morgan fingerprint density at radius 2 is 1.94 bits per heavy atom. The minimum atomic E-state index is -0.578. The van der Waals surface area contributed by atoms with Crippen LogP contribution in [0.5, 0.6) is 0 Å². The summed E-state index contributed by atoms with van der Waals surface area (Å²) in [6.07, 6.45) is 6.39. The van der Waals surface area contributed by atoms with E-state index >= 15 is 0 Å². The molecule has 1 rings (SSSR count). The number of carbonyl (C=O) groups is 1. The second kappa shape index (κ2) is 7.74. The van der Waals surface area contributed by atoms with Crippen molar-refractivity contribution in [3.05, 3.63) is 0 Å². The first kappa shape index (κ1) is 15.4. The molecule has 0 aromatic heterocycles. The molecule has 1 saturated carbocycles. The molecule has 0 aromatic carbocycles. The molecule has 1 atom stereocenters. The van der Waals surface area contributed by atoms with E-state index in [0.29, 0.717) is 19.7 Å². The van der Waals surface area contributed by atoms with Crippen LogP contribution in [0.1, 0.15) is 52.4 Å². The van der Waals surface area contributed by atoms with Gasteiger partial charge >= 0.3 is 5.97 Å². The van der Waals surface area contributed by atoms with Crippen molar-refractivity contribution in [1.82, 2.24) is 5.32 Å². The number of hydrogen-bond donors (Lipinski definition) is 2. The lowest BCUT2D eigenvalue weighted by molar-refractivity contribution is -0.147. The van der Waals surface area contributed by atoms with Crippen molar-refractivity contribution in [3.8, 4) is 0 Å². The highest BCUT2D eigenvalue weighted by atomic mass is 16.5. The maximum absolute atomic E-state index is 11.4. The number of carbonyl (C=O) groups excluding carboxylic acids is 1. The Balaban J connectivity index is 2.25. The van der Waals surface area contributed by atoms with Gasteiger partial charge in [0.05, 0.1) is 18.1 Å². The molecule has 0 amide bonds. The van der Waals surface area contributed by atoms with E-state index in [2.05, 4.69) is 5.32 Å². The fourth-order valence-electron chi connectivity index (χ4n) is 2.45. The molecule has 0 aliphatic heterocycles. The summed E-state index contributed by atoms with van der Waals surface area (Å²) >= 11 is 0. The fraction of sp³-hybridized carbons (Fsp3) is 0.929. The predicted molar refractivity (Wildman–Crippen MR) is 71.3 cm³/mol. The molecule has 1 unspecified atom stereocenters. The molecule has 18 heavy (non-hydrogen) atoms. The standard InChI is InChI=1S/C14H27NO3/c1-3-18-13(16)12(2)10-15-11-14(17)8-6-4-5-7-9-14/h12,15,17H,3-11H2,1-2H3. The number of nitrogens with one attached hydrogen (secondary N) is 1. The van der Waals surface area contributed by atoms with E-state index in [1.165, 1.54) is 12.8 Å². The lowest BCUT2D eigenvalue weighted by Gasteiger charge is -2.27. The Hall–Kier alpha value is -0.610. The molecule has 0 saturated heterocycles. The van der Waals surface area contributed by atoms with E-state index in [4.69, 9.17) is 4.74 Å². The van der Waals surface area contributed by atoms with Crippen LogP contribution in [0.15, 0.2) is 0 Å². The molecule has 0 heterocycles. The lowest BCUT2D eigenvalue weighted by Crippen LogP contribution is -2.42. The van der Waals surface area contributed by atoms with Gasteiger partial charge in [0, 0.05) is 13.1 Å². The average molecular weight is 257 g/mol. The largest absolute Gasteiger partial charge is 0.466 e. The Labute approximate surface area is 110 Å². The first-order chi connectivity index (χ1) is 8.57. The van der Waals surface area contributed by atoms with Crippen LogP contribution in [0.4, 0.5) is 0 Å². The fourth-order valence-corrected chi connectivity index (χ4v) is 2.45. The molecular formula is C14H27NO3. The van der Waals surface area contributed by atoms with Crippen LogP contribution in [0.2, 0.25) is 0 Å². The monoisotopic (exact) mass is 257 g/mol. The molecular weight excluding hydrogens is 230 g/mol. The van der Waals surface area contributed by atoms with Gasteiger partial charge in [-0.25, -0.2) is 0 Å². The van der Waals surface area contributed by atoms with Crippen LogP contribution >= 0.6 is 0 Å². The van der Waals surface area contributed by atoms with E-state index in [1.807, 2.05) is 13.8 Å². The third-order valence-electron chi connectivity index (χ3n) is 3.63. The quantitative estimate of drug-likeness (QED) is 0.563. The van der Waals surface area contributed by atoms with Gasteiger partial charge in [0.15, 0.2) is 0 Å². The van der Waals surface area contributed by atoms with Gasteiger partial charge in [-0.1, -0.05) is 32.6 Å². The molecule has 0 spiro atoms. The van der Waals surface area contributed by atoms with Crippen LogP contribution in [-0.4, -0.2) is 36.4 Å². The van der Waals surface area contributed by atoms with Crippen molar-refractivity contribution in [3.63, 3.8) is 0 Å². The van der Waals surface area contributed by atoms with Crippen molar-refractivity contribution >= 4 is 5.97 Å². The highest BCUT2D eigenvalue weighted by Crippen LogP contribution is 2.26. The SMILES string of the molecule is CCOC(=O)C(C)CNCC1(O)CCCCCC1. The number of hydrogen-bond acceptors (Lipinski definition) is 4. The summed E-state index contributed by atoms with van der Waals surface area (Å²) in [5.41, 5.74) is -0.578. The number of rotatable bonds is 6. The van der Waals surface area contributed by atoms with Gasteiger partial charge in [-0.15, -0.1) is 0 Å². The van der Waals surface area contributed by atoms with Crippen LogP contribution in [0, 0.1) is 5.92 Å². The van der Waals surface area contributed by atoms with Crippen LogP contribution < -0.4 is 5.32 Å². The van der Waals surface area contributed by atoms with Gasteiger partial charge in [-0.2, -0.15) is 0 Å². The smallest absolute Gasteiger partial charge is 0.309 e. The van der Waals surface area contributed by atoms with Crippen molar-refractivity contribution in [2.45, 2.75) is 58.0 Å². The normalized spacial score (nSPS) is 21.1. The molecule has 0 aromatic rings. The highest BCUT2D eigenvalue weighted by molar-refractivity contribution is 5.72. The van der Waals surface area contributed by atoms with Gasteiger partial charge in [0.1, 0.15) is 0 Å². The summed E-state index contributed by atoms with van der Waals surface area (Å²) < 4.78 is 4.95.